The molecule has 0 radical (unpaired) electrons. The Morgan fingerprint density at radius 3 is 2.13 bits per heavy atom. The molecule has 0 atom stereocenters. The Kier molecular flexibility index (Phi) is 9.07. The maximum atomic E-state index is 12.1. The molecule has 0 spiro atoms. The maximum Gasteiger partial charge on any atom is 0.407 e. The molecule has 9 nitrogen and oxygen atoms in total. The minimum Gasteiger partial charge on any atom is -0.444 e. The third-order valence-electron chi connectivity index (χ3n) is 4.17. The molecule has 1 aliphatic rings. The molecule has 1 heterocycles. The van der Waals surface area contributed by atoms with Crippen LogP contribution < -0.4 is 16.0 Å². The number of anilines is 2. The minimum absolute atomic E-state index is 0.0776. The monoisotopic (exact) mass is 420 g/mol. The van der Waals surface area contributed by atoms with E-state index in [0.717, 1.165) is 13.1 Å². The van der Waals surface area contributed by atoms with Gasteiger partial charge in [0, 0.05) is 37.4 Å². The van der Waals surface area contributed by atoms with Crippen LogP contribution in [-0.2, 0) is 19.1 Å². The van der Waals surface area contributed by atoms with E-state index in [1.807, 2.05) is 4.90 Å². The summed E-state index contributed by atoms with van der Waals surface area (Å²) in [5.74, 6) is -0.226. The van der Waals surface area contributed by atoms with Gasteiger partial charge in [-0.2, -0.15) is 0 Å². The number of carbonyl (C=O) groups is 3. The number of nitrogens with one attached hydrogen (secondary N) is 3. The van der Waals surface area contributed by atoms with Crippen molar-refractivity contribution in [2.24, 2.45) is 0 Å². The molecule has 1 aromatic carbocycles. The van der Waals surface area contributed by atoms with Crippen LogP contribution in [0.5, 0.6) is 0 Å². The van der Waals surface area contributed by atoms with E-state index in [4.69, 9.17) is 9.47 Å². The fraction of sp³-hybridized carbons (Fsp3) is 0.571. The summed E-state index contributed by atoms with van der Waals surface area (Å²) in [4.78, 5) is 37.7. The number of alkyl carbamates (subject to hydrolysis) is 1. The van der Waals surface area contributed by atoms with Crippen molar-refractivity contribution >= 4 is 29.3 Å². The number of rotatable bonds is 8. The van der Waals surface area contributed by atoms with Crippen LogP contribution >= 0.6 is 0 Å². The number of benzene rings is 1. The van der Waals surface area contributed by atoms with Gasteiger partial charge in [0.1, 0.15) is 5.60 Å². The summed E-state index contributed by atoms with van der Waals surface area (Å²) in [6.45, 7) is 8.88. The number of carbonyl (C=O) groups excluding carboxylic acids is 3. The van der Waals surface area contributed by atoms with Gasteiger partial charge in [-0.05, 0) is 51.5 Å². The van der Waals surface area contributed by atoms with Crippen molar-refractivity contribution in [3.63, 3.8) is 0 Å². The van der Waals surface area contributed by atoms with Gasteiger partial charge in [0.25, 0.3) is 0 Å². The molecule has 30 heavy (non-hydrogen) atoms. The molecule has 0 bridgehead atoms. The van der Waals surface area contributed by atoms with Crippen molar-refractivity contribution in [2.45, 2.75) is 39.2 Å². The Bertz CT molecular complexity index is 709. The molecule has 9 heteroatoms. The van der Waals surface area contributed by atoms with E-state index >= 15 is 0 Å². The highest BCUT2D eigenvalue weighted by Crippen LogP contribution is 2.14. The largest absolute Gasteiger partial charge is 0.444 e. The highest BCUT2D eigenvalue weighted by atomic mass is 16.6. The zero-order valence-electron chi connectivity index (χ0n) is 18.0. The lowest BCUT2D eigenvalue weighted by molar-refractivity contribution is -0.118. The predicted molar refractivity (Wildman–Crippen MR) is 114 cm³/mol. The first-order valence-electron chi connectivity index (χ1n) is 10.2. The van der Waals surface area contributed by atoms with E-state index in [9.17, 15) is 14.4 Å². The summed E-state index contributed by atoms with van der Waals surface area (Å²) in [6, 6.07) is 6.97. The van der Waals surface area contributed by atoms with Crippen LogP contribution in [0.1, 0.15) is 33.6 Å². The van der Waals surface area contributed by atoms with E-state index in [2.05, 4.69) is 16.0 Å². The smallest absolute Gasteiger partial charge is 0.407 e. The lowest BCUT2D eigenvalue weighted by Gasteiger charge is -2.25. The maximum absolute atomic E-state index is 12.1. The molecule has 3 amide bonds. The van der Waals surface area contributed by atoms with Crippen LogP contribution in [0.4, 0.5) is 16.2 Å². The zero-order valence-corrected chi connectivity index (χ0v) is 18.0. The molecule has 1 aliphatic heterocycles. The van der Waals surface area contributed by atoms with E-state index in [1.165, 1.54) is 0 Å². The standard InChI is InChI=1S/C21H32N4O5/c1-21(2,3)30-20(28)22-10-4-5-18(26)23-16-6-8-17(9-7-16)24-19(27)15-25-11-13-29-14-12-25/h6-9H,4-5,10-15H2,1-3H3,(H,22,28)(H,23,26)(H,24,27). The van der Waals surface area contributed by atoms with Crippen LogP contribution in [0.3, 0.4) is 0 Å². The van der Waals surface area contributed by atoms with E-state index in [-0.39, 0.29) is 18.2 Å². The summed E-state index contributed by atoms with van der Waals surface area (Å²) in [5, 5.41) is 8.27. The molecule has 3 N–H and O–H groups in total. The van der Waals surface area contributed by atoms with Crippen molar-refractivity contribution in [1.29, 1.82) is 0 Å². The van der Waals surface area contributed by atoms with Gasteiger partial charge < -0.3 is 25.4 Å². The fourth-order valence-corrected chi connectivity index (χ4v) is 2.78. The van der Waals surface area contributed by atoms with Crippen molar-refractivity contribution in [1.82, 2.24) is 10.2 Å². The van der Waals surface area contributed by atoms with Gasteiger partial charge in [0.2, 0.25) is 11.8 Å². The molecule has 2 rings (SSSR count). The second-order valence-electron chi connectivity index (χ2n) is 8.09. The summed E-state index contributed by atoms with van der Waals surface area (Å²) < 4.78 is 10.4. The first-order chi connectivity index (χ1) is 14.2. The number of hydrogen-bond donors (Lipinski definition) is 3. The quantitative estimate of drug-likeness (QED) is 0.557. The first-order valence-corrected chi connectivity index (χ1v) is 10.2. The van der Waals surface area contributed by atoms with E-state index in [0.29, 0.717) is 44.1 Å². The van der Waals surface area contributed by atoms with Crippen LogP contribution in [0.2, 0.25) is 0 Å². The van der Waals surface area contributed by atoms with Gasteiger partial charge >= 0.3 is 6.09 Å². The second kappa shape index (κ2) is 11.5. The lowest BCUT2D eigenvalue weighted by atomic mass is 10.2. The van der Waals surface area contributed by atoms with Gasteiger partial charge in [-0.1, -0.05) is 0 Å². The molecule has 0 unspecified atom stereocenters. The van der Waals surface area contributed by atoms with Crippen molar-refractivity contribution in [3.05, 3.63) is 24.3 Å². The third kappa shape index (κ3) is 9.71. The Morgan fingerprint density at radius 1 is 1.00 bits per heavy atom. The van der Waals surface area contributed by atoms with Gasteiger partial charge in [-0.25, -0.2) is 4.79 Å². The van der Waals surface area contributed by atoms with Crippen LogP contribution in [0, 0.1) is 0 Å². The number of morpholine rings is 1. The van der Waals surface area contributed by atoms with Crippen LogP contribution in [0.15, 0.2) is 24.3 Å². The van der Waals surface area contributed by atoms with Gasteiger partial charge in [-0.3, -0.25) is 14.5 Å². The molecule has 1 saturated heterocycles. The summed E-state index contributed by atoms with van der Waals surface area (Å²) in [7, 11) is 0. The number of hydrogen-bond acceptors (Lipinski definition) is 6. The number of ether oxygens (including phenoxy) is 2. The average Bonchev–Trinajstić information content (AvgIpc) is 2.66. The highest BCUT2D eigenvalue weighted by molar-refractivity contribution is 5.93. The second-order valence-corrected chi connectivity index (χ2v) is 8.09. The van der Waals surface area contributed by atoms with Crippen molar-refractivity contribution in [3.8, 4) is 0 Å². The number of amides is 3. The summed E-state index contributed by atoms with van der Waals surface area (Å²) in [6.07, 6.45) is 0.281. The van der Waals surface area contributed by atoms with Gasteiger partial charge in [0.05, 0.1) is 19.8 Å². The topological polar surface area (TPSA) is 109 Å². The van der Waals surface area contributed by atoms with E-state index < -0.39 is 11.7 Å². The Labute approximate surface area is 177 Å². The van der Waals surface area contributed by atoms with E-state index in [1.54, 1.807) is 45.0 Å². The molecule has 166 valence electrons. The molecule has 0 aromatic heterocycles. The molecule has 0 aliphatic carbocycles. The third-order valence-corrected chi connectivity index (χ3v) is 4.17. The van der Waals surface area contributed by atoms with Crippen LogP contribution in [-0.4, -0.2) is 67.8 Å². The van der Waals surface area contributed by atoms with Crippen LogP contribution in [0.25, 0.3) is 0 Å². The highest BCUT2D eigenvalue weighted by Gasteiger charge is 2.16. The SMILES string of the molecule is CC(C)(C)OC(=O)NCCCC(=O)Nc1ccc(NC(=O)CN2CCOCC2)cc1. The zero-order chi connectivity index (χ0) is 22.0. The minimum atomic E-state index is -0.546. The summed E-state index contributed by atoms with van der Waals surface area (Å²) >= 11 is 0. The Morgan fingerprint density at radius 2 is 1.57 bits per heavy atom. The Hall–Kier alpha value is -2.65. The number of nitrogens with zero attached hydrogens (tertiary/aromatic N) is 1. The first kappa shape index (κ1) is 23.6. The van der Waals surface area contributed by atoms with Gasteiger partial charge in [-0.15, -0.1) is 0 Å². The molecule has 1 aromatic rings. The molecule has 0 saturated carbocycles. The van der Waals surface area contributed by atoms with Gasteiger partial charge in [0.15, 0.2) is 0 Å². The lowest BCUT2D eigenvalue weighted by Crippen LogP contribution is -2.41. The van der Waals surface area contributed by atoms with Crippen molar-refractivity contribution < 1.29 is 23.9 Å². The average molecular weight is 421 g/mol. The molecule has 1 fully saturated rings. The normalized spacial score (nSPS) is 14.6. The van der Waals surface area contributed by atoms with Crippen molar-refractivity contribution in [2.75, 3.05) is 50.0 Å². The predicted octanol–water partition coefficient (Wildman–Crippen LogP) is 2.20. The Balaban J connectivity index is 1.65. The fourth-order valence-electron chi connectivity index (χ4n) is 2.78. The molecular weight excluding hydrogens is 388 g/mol. The molecular formula is C21H32N4O5. The summed E-state index contributed by atoms with van der Waals surface area (Å²) in [5.41, 5.74) is 0.773.